The Morgan fingerprint density at radius 1 is 1.89 bits per heavy atom. The molecule has 0 aliphatic carbocycles. The molecule has 0 bridgehead atoms. The topological polar surface area (TPSA) is 52.4 Å². The smallest absolute Gasteiger partial charge is 0.374 e. The maximum Gasteiger partial charge on any atom is 0.378 e. The summed E-state index contributed by atoms with van der Waals surface area (Å²) < 4.78 is 16.6. The quantitative estimate of drug-likeness (QED) is 0.325. The van der Waals surface area contributed by atoms with Crippen LogP contribution in [0.3, 0.4) is 0 Å². The second-order valence-electron chi connectivity index (χ2n) is 1.83. The Balaban J connectivity index is 3.85. The summed E-state index contributed by atoms with van der Waals surface area (Å²) in [4.78, 5) is 8.74. The lowest BCUT2D eigenvalue weighted by Gasteiger charge is -2.08. The van der Waals surface area contributed by atoms with Crippen LogP contribution in [0.15, 0.2) is 0 Å². The van der Waals surface area contributed by atoms with Crippen molar-refractivity contribution in [3.63, 3.8) is 0 Å². The van der Waals surface area contributed by atoms with Gasteiger partial charge in [0.05, 0.1) is 4.92 Å². The third-order valence-corrected chi connectivity index (χ3v) is 0.788. The SMILES string of the molecule is COCC(C)(F)[N+](=O)[O-]. The van der Waals surface area contributed by atoms with Crippen molar-refractivity contribution in [3.8, 4) is 0 Å². The number of hydrogen-bond acceptors (Lipinski definition) is 3. The van der Waals surface area contributed by atoms with Gasteiger partial charge in [0.1, 0.15) is 6.61 Å². The molecule has 1 atom stereocenters. The highest BCUT2D eigenvalue weighted by Gasteiger charge is 2.36. The fourth-order valence-corrected chi connectivity index (χ4v) is 0.316. The Hall–Kier alpha value is -0.710. The first-order valence-electron chi connectivity index (χ1n) is 2.33. The van der Waals surface area contributed by atoms with Gasteiger partial charge in [-0.2, -0.15) is 4.39 Å². The average molecular weight is 137 g/mol. The van der Waals surface area contributed by atoms with Crippen LogP contribution in [-0.2, 0) is 4.74 Å². The molecule has 0 rings (SSSR count). The normalized spacial score (nSPS) is 16.8. The Bertz CT molecular complexity index is 114. The van der Waals surface area contributed by atoms with Gasteiger partial charge in [-0.05, 0) is 0 Å². The number of nitrogens with zero attached hydrogens (tertiary/aromatic N) is 1. The summed E-state index contributed by atoms with van der Waals surface area (Å²) in [6.45, 7) is 0.344. The molecule has 0 aromatic rings. The van der Waals surface area contributed by atoms with E-state index in [1.54, 1.807) is 0 Å². The maximum absolute atomic E-state index is 12.4. The van der Waals surface area contributed by atoms with Crippen LogP contribution in [0.25, 0.3) is 0 Å². The monoisotopic (exact) mass is 137 g/mol. The number of hydrogen-bond donors (Lipinski definition) is 0. The highest BCUT2D eigenvalue weighted by molar-refractivity contribution is 4.54. The van der Waals surface area contributed by atoms with Gasteiger partial charge >= 0.3 is 5.79 Å². The van der Waals surface area contributed by atoms with Crippen molar-refractivity contribution < 1.29 is 14.1 Å². The van der Waals surface area contributed by atoms with Gasteiger partial charge in [0.25, 0.3) is 0 Å². The van der Waals surface area contributed by atoms with E-state index in [1.165, 1.54) is 7.11 Å². The van der Waals surface area contributed by atoms with Gasteiger partial charge in [0.15, 0.2) is 0 Å². The van der Waals surface area contributed by atoms with E-state index in [-0.39, 0.29) is 0 Å². The summed E-state index contributed by atoms with van der Waals surface area (Å²) in [6, 6.07) is 0. The molecule has 0 aliphatic rings. The van der Waals surface area contributed by atoms with E-state index in [9.17, 15) is 14.5 Å². The number of ether oxygens (including phenoxy) is 1. The molecular formula is C4H8FNO3. The minimum atomic E-state index is -2.45. The second kappa shape index (κ2) is 2.72. The summed E-state index contributed by atoms with van der Waals surface area (Å²) >= 11 is 0. The molecule has 54 valence electrons. The van der Waals surface area contributed by atoms with Gasteiger partial charge in [0.2, 0.25) is 0 Å². The van der Waals surface area contributed by atoms with Crippen LogP contribution in [0.1, 0.15) is 6.92 Å². The van der Waals surface area contributed by atoms with Crippen molar-refractivity contribution in [1.29, 1.82) is 0 Å². The first-order chi connectivity index (χ1) is 4.00. The van der Waals surface area contributed by atoms with Crippen molar-refractivity contribution in [3.05, 3.63) is 10.1 Å². The molecule has 4 nitrogen and oxygen atoms in total. The van der Waals surface area contributed by atoms with E-state index in [0.29, 0.717) is 0 Å². The minimum absolute atomic E-state index is 0.514. The van der Waals surface area contributed by atoms with E-state index < -0.39 is 17.3 Å². The summed E-state index contributed by atoms with van der Waals surface area (Å²) in [5.41, 5.74) is 0. The predicted molar refractivity (Wildman–Crippen MR) is 28.4 cm³/mol. The van der Waals surface area contributed by atoms with E-state index in [1.807, 2.05) is 0 Å². The van der Waals surface area contributed by atoms with Crippen LogP contribution in [0.2, 0.25) is 0 Å². The predicted octanol–water partition coefficient (Wildman–Crippen LogP) is 0.595. The lowest BCUT2D eigenvalue weighted by Crippen LogP contribution is -2.34. The number of rotatable bonds is 3. The second-order valence-corrected chi connectivity index (χ2v) is 1.83. The van der Waals surface area contributed by atoms with Crippen molar-refractivity contribution in [2.24, 2.45) is 0 Å². The molecule has 9 heavy (non-hydrogen) atoms. The van der Waals surface area contributed by atoms with E-state index in [4.69, 9.17) is 0 Å². The van der Waals surface area contributed by atoms with Crippen molar-refractivity contribution in [1.82, 2.24) is 0 Å². The summed E-state index contributed by atoms with van der Waals surface area (Å²) in [6.07, 6.45) is 0. The third kappa shape index (κ3) is 2.36. The molecule has 0 saturated carbocycles. The molecule has 0 radical (unpaired) electrons. The van der Waals surface area contributed by atoms with Crippen molar-refractivity contribution in [2.75, 3.05) is 13.7 Å². The first-order valence-corrected chi connectivity index (χ1v) is 2.33. The van der Waals surface area contributed by atoms with Gasteiger partial charge in [-0.25, -0.2) is 0 Å². The van der Waals surface area contributed by atoms with Gasteiger partial charge < -0.3 is 4.74 Å². The molecule has 0 heterocycles. The van der Waals surface area contributed by atoms with Gasteiger partial charge in [-0.3, -0.25) is 10.1 Å². The van der Waals surface area contributed by atoms with E-state index in [2.05, 4.69) is 4.74 Å². The van der Waals surface area contributed by atoms with E-state index >= 15 is 0 Å². The van der Waals surface area contributed by atoms with Gasteiger partial charge in [0, 0.05) is 14.0 Å². The number of methoxy groups -OCH3 is 1. The maximum atomic E-state index is 12.4. The molecule has 0 aromatic heterocycles. The van der Waals surface area contributed by atoms with Crippen molar-refractivity contribution >= 4 is 0 Å². The van der Waals surface area contributed by atoms with Gasteiger partial charge in [-0.1, -0.05) is 0 Å². The van der Waals surface area contributed by atoms with Crippen LogP contribution in [0.5, 0.6) is 0 Å². The van der Waals surface area contributed by atoms with Crippen LogP contribution in [-0.4, -0.2) is 24.4 Å². The third-order valence-electron chi connectivity index (χ3n) is 0.788. The summed E-state index contributed by atoms with van der Waals surface area (Å²) in [5, 5.41) is 9.76. The Labute approximate surface area is 51.8 Å². The lowest BCUT2D eigenvalue weighted by molar-refractivity contribution is -0.604. The Kier molecular flexibility index (Phi) is 2.51. The zero-order chi connectivity index (χ0) is 7.49. The van der Waals surface area contributed by atoms with Gasteiger partial charge in [-0.15, -0.1) is 0 Å². The molecule has 0 fully saturated rings. The molecule has 5 heteroatoms. The molecule has 0 saturated heterocycles. The molecule has 0 aromatic carbocycles. The highest BCUT2D eigenvalue weighted by Crippen LogP contribution is 2.09. The fourth-order valence-electron chi connectivity index (χ4n) is 0.316. The van der Waals surface area contributed by atoms with E-state index in [0.717, 1.165) is 6.92 Å². The molecule has 1 unspecified atom stereocenters. The Morgan fingerprint density at radius 2 is 2.33 bits per heavy atom. The van der Waals surface area contributed by atoms with Crippen LogP contribution >= 0.6 is 0 Å². The first kappa shape index (κ1) is 8.29. The number of halogens is 1. The Morgan fingerprint density at radius 3 is 2.44 bits per heavy atom. The van der Waals surface area contributed by atoms with Crippen LogP contribution < -0.4 is 0 Å². The molecule has 0 amide bonds. The fraction of sp³-hybridized carbons (Fsp3) is 1.00. The largest absolute Gasteiger partial charge is 0.378 e. The zero-order valence-electron chi connectivity index (χ0n) is 5.26. The number of alkyl halides is 1. The molecular weight excluding hydrogens is 129 g/mol. The summed E-state index contributed by atoms with van der Waals surface area (Å²) in [5.74, 6) is -2.45. The van der Waals surface area contributed by atoms with Crippen LogP contribution in [0, 0.1) is 10.1 Å². The van der Waals surface area contributed by atoms with Crippen molar-refractivity contribution in [2.45, 2.75) is 12.7 Å². The number of nitro groups is 1. The zero-order valence-corrected chi connectivity index (χ0v) is 5.26. The highest BCUT2D eigenvalue weighted by atomic mass is 19.1. The standard InChI is InChI=1S/C4H8FNO3/c1-4(5,3-9-2)6(7)8/h3H2,1-2H3. The average Bonchev–Trinajstić information content (AvgIpc) is 1.65. The van der Waals surface area contributed by atoms with Crippen LogP contribution in [0.4, 0.5) is 4.39 Å². The lowest BCUT2D eigenvalue weighted by atomic mass is 10.3. The molecule has 0 aliphatic heterocycles. The molecule has 0 spiro atoms. The minimum Gasteiger partial charge on any atom is -0.374 e. The molecule has 0 N–H and O–H groups in total. The summed E-state index contributed by atoms with van der Waals surface area (Å²) in [7, 11) is 1.21.